The van der Waals surface area contributed by atoms with E-state index in [1.807, 2.05) is 13.8 Å². The quantitative estimate of drug-likeness (QED) is 0.0553. The molecule has 398 valence electrons. The van der Waals surface area contributed by atoms with Gasteiger partial charge in [-0.25, -0.2) is 23.6 Å². The van der Waals surface area contributed by atoms with Crippen molar-refractivity contribution < 1.29 is 62.4 Å². The molecule has 0 aliphatic heterocycles. The van der Waals surface area contributed by atoms with Gasteiger partial charge in [-0.3, -0.25) is 24.1 Å². The number of fused-ring (bicyclic) bond motifs is 1. The number of nitrogens with zero attached hydrogens (tertiary/aromatic N) is 3. The topological polar surface area (TPSA) is 255 Å². The van der Waals surface area contributed by atoms with Crippen molar-refractivity contribution >= 4 is 58.7 Å². The lowest BCUT2D eigenvalue weighted by Gasteiger charge is -2.42. The van der Waals surface area contributed by atoms with Crippen molar-refractivity contribution in [3.63, 3.8) is 0 Å². The SMILES string of the molecule is C/C(=C\[C@H](C(C)C)N(C)C(=O)[C@@H](NC(=O)[C@@H](N(C)C(=O)OC(C)(C)C)C(C)(C)c1cn(C)c2ccc(F)cc12)C(C)(C)C)C(=O)N[C@H](CCC(=O)N[C@@H](CCCCNC(=O)OC(C)(C)C)C(=O)O)C(=O)O. The summed E-state index contributed by atoms with van der Waals surface area (Å²) in [6.07, 6.45) is 1.84. The minimum Gasteiger partial charge on any atom is -0.480 e. The maximum atomic E-state index is 14.9. The van der Waals surface area contributed by atoms with Crippen LogP contribution in [0.25, 0.3) is 10.9 Å². The molecule has 0 fully saturated rings. The number of aryl methyl sites for hydroxylation is 1. The first-order valence-electron chi connectivity index (χ1n) is 23.9. The summed E-state index contributed by atoms with van der Waals surface area (Å²) in [5.41, 5.74) is -2.43. The van der Waals surface area contributed by atoms with E-state index in [2.05, 4.69) is 21.3 Å². The number of carboxylic acid groups (broad SMARTS) is 2. The van der Waals surface area contributed by atoms with E-state index in [0.717, 1.165) is 0 Å². The maximum absolute atomic E-state index is 14.9. The number of alkyl carbamates (subject to hydrolysis) is 1. The van der Waals surface area contributed by atoms with Crippen LogP contribution in [0.15, 0.2) is 36.0 Å². The number of aliphatic carboxylic acids is 2. The number of ether oxygens (including phenoxy) is 2. The monoisotopic (exact) mass is 1000 g/mol. The lowest BCUT2D eigenvalue weighted by molar-refractivity contribution is -0.143. The number of hydrogen-bond donors (Lipinski definition) is 6. The molecule has 0 unspecified atom stereocenters. The van der Waals surface area contributed by atoms with Crippen LogP contribution in [0.5, 0.6) is 0 Å². The second-order valence-corrected chi connectivity index (χ2v) is 22.2. The Morgan fingerprint density at radius 2 is 1.35 bits per heavy atom. The highest BCUT2D eigenvalue weighted by atomic mass is 19.1. The average Bonchev–Trinajstić information content (AvgIpc) is 3.55. The van der Waals surface area contributed by atoms with Crippen molar-refractivity contribution in [1.82, 2.24) is 35.6 Å². The number of carbonyl (C=O) groups is 8. The number of aromatic nitrogens is 1. The first-order valence-corrected chi connectivity index (χ1v) is 23.9. The Morgan fingerprint density at radius 3 is 1.87 bits per heavy atom. The zero-order valence-electron chi connectivity index (χ0n) is 44.8. The number of carbonyl (C=O) groups excluding carboxylic acids is 6. The Hall–Kier alpha value is -6.21. The summed E-state index contributed by atoms with van der Waals surface area (Å²) in [5.74, 6) is -6.31. The minimum absolute atomic E-state index is 0.0380. The summed E-state index contributed by atoms with van der Waals surface area (Å²) in [6.45, 7) is 24.3. The van der Waals surface area contributed by atoms with Crippen molar-refractivity contribution in [2.45, 2.75) is 176 Å². The van der Waals surface area contributed by atoms with E-state index in [4.69, 9.17) is 9.47 Å². The van der Waals surface area contributed by atoms with E-state index in [9.17, 15) is 53.0 Å². The van der Waals surface area contributed by atoms with Crippen LogP contribution in [0.2, 0.25) is 0 Å². The number of halogens is 1. The summed E-state index contributed by atoms with van der Waals surface area (Å²) in [6, 6.07) is -1.77. The predicted octanol–water partition coefficient (Wildman–Crippen LogP) is 6.40. The Labute approximate surface area is 418 Å². The number of unbranched alkanes of at least 4 members (excludes halogenated alkanes) is 1. The van der Waals surface area contributed by atoms with Crippen LogP contribution in [0.3, 0.4) is 0 Å². The Bertz CT molecular complexity index is 2290. The predicted molar refractivity (Wildman–Crippen MR) is 267 cm³/mol. The molecule has 6 N–H and O–H groups in total. The summed E-state index contributed by atoms with van der Waals surface area (Å²) >= 11 is 0. The molecule has 0 saturated heterocycles. The number of amides is 6. The maximum Gasteiger partial charge on any atom is 0.410 e. The fraction of sp³-hybridized carbons (Fsp3) is 0.647. The Balaban J connectivity index is 2.33. The molecule has 5 atom stereocenters. The van der Waals surface area contributed by atoms with Crippen molar-refractivity contribution in [2.75, 3.05) is 20.6 Å². The van der Waals surface area contributed by atoms with Gasteiger partial charge in [0.1, 0.15) is 41.2 Å². The molecule has 6 amide bonds. The largest absolute Gasteiger partial charge is 0.480 e. The van der Waals surface area contributed by atoms with Gasteiger partial charge >= 0.3 is 24.1 Å². The molecule has 1 heterocycles. The molecule has 1 aromatic carbocycles. The minimum atomic E-state index is -1.54. The van der Waals surface area contributed by atoms with Gasteiger partial charge < -0.3 is 50.4 Å². The zero-order valence-corrected chi connectivity index (χ0v) is 44.8. The van der Waals surface area contributed by atoms with E-state index < -0.39 is 112 Å². The van der Waals surface area contributed by atoms with Gasteiger partial charge in [-0.1, -0.05) is 54.5 Å². The molecular weight excluding hydrogens is 922 g/mol. The van der Waals surface area contributed by atoms with Crippen LogP contribution in [0, 0.1) is 17.2 Å². The van der Waals surface area contributed by atoms with Gasteiger partial charge in [0, 0.05) is 62.2 Å². The summed E-state index contributed by atoms with van der Waals surface area (Å²) in [5, 5.41) is 30.5. The van der Waals surface area contributed by atoms with Crippen LogP contribution < -0.4 is 21.3 Å². The molecule has 2 aromatic rings. The third-order valence-electron chi connectivity index (χ3n) is 11.8. The van der Waals surface area contributed by atoms with Gasteiger partial charge in [-0.15, -0.1) is 0 Å². The lowest BCUT2D eigenvalue weighted by atomic mass is 9.76. The van der Waals surface area contributed by atoms with Crippen molar-refractivity contribution in [3.05, 3.63) is 47.4 Å². The molecular formula is C51H80FN7O12. The summed E-state index contributed by atoms with van der Waals surface area (Å²) < 4.78 is 27.4. The fourth-order valence-corrected chi connectivity index (χ4v) is 8.06. The molecule has 0 aliphatic carbocycles. The number of nitrogens with one attached hydrogen (secondary N) is 4. The molecule has 20 heteroatoms. The highest BCUT2D eigenvalue weighted by molar-refractivity contribution is 5.97. The summed E-state index contributed by atoms with van der Waals surface area (Å²) in [7, 11) is 4.73. The zero-order chi connectivity index (χ0) is 54.7. The average molecular weight is 1000 g/mol. The van der Waals surface area contributed by atoms with Gasteiger partial charge in [0.15, 0.2) is 0 Å². The third-order valence-corrected chi connectivity index (χ3v) is 11.8. The second kappa shape index (κ2) is 24.8. The Kier molecular flexibility index (Phi) is 21.2. The number of carboxylic acids is 2. The molecule has 0 bridgehead atoms. The highest BCUT2D eigenvalue weighted by Gasteiger charge is 2.47. The molecule has 0 spiro atoms. The van der Waals surface area contributed by atoms with Crippen molar-refractivity contribution in [1.29, 1.82) is 0 Å². The van der Waals surface area contributed by atoms with E-state index in [0.29, 0.717) is 29.3 Å². The van der Waals surface area contributed by atoms with E-state index in [1.165, 1.54) is 49.0 Å². The number of likely N-dealkylation sites (N-methyl/N-ethyl adjacent to an activating group) is 2. The molecule has 1 aromatic heterocycles. The Morgan fingerprint density at radius 1 is 0.789 bits per heavy atom. The summed E-state index contributed by atoms with van der Waals surface area (Å²) in [4.78, 5) is 108. The molecule has 0 aliphatic rings. The van der Waals surface area contributed by atoms with Crippen LogP contribution in [0.4, 0.5) is 14.0 Å². The standard InChI is InChI=1S/C51H80FN7O12/c1-29(2)37(26-30(3)41(61)55-35(45(66)67)22-24-38(60)54-34(44(64)65)20-18-19-25-53-46(68)70-49(7,8)9)58(16)43(63)39(48(4,5)6)56-42(62)40(59(17)47(69)71-50(10,11)12)51(13,14)33-28-57(15)36-23-21-31(52)27-32(33)36/h21,23,26-29,34-35,37,39-40H,18-20,22,24-25H2,1-17H3,(H,53,68)(H,54,60)(H,55,61)(H,56,62)(H,64,65)(H,66,67)/b30-26+/t34-,35+,37+,39+,40+/m0/s1. The van der Waals surface area contributed by atoms with Crippen LogP contribution >= 0.6 is 0 Å². The normalized spacial score (nSPS) is 14.6. The number of benzene rings is 1. The van der Waals surface area contributed by atoms with Crippen molar-refractivity contribution in [2.24, 2.45) is 18.4 Å². The first-order chi connectivity index (χ1) is 32.4. The third kappa shape index (κ3) is 18.2. The van der Waals surface area contributed by atoms with Gasteiger partial charge in [0.05, 0.1) is 6.04 Å². The van der Waals surface area contributed by atoms with Crippen LogP contribution in [0.1, 0.15) is 135 Å². The van der Waals surface area contributed by atoms with E-state index >= 15 is 0 Å². The van der Waals surface area contributed by atoms with Gasteiger partial charge in [0.2, 0.25) is 23.6 Å². The van der Waals surface area contributed by atoms with Crippen LogP contribution in [-0.2, 0) is 50.7 Å². The number of rotatable bonds is 22. The smallest absolute Gasteiger partial charge is 0.410 e. The lowest BCUT2D eigenvalue weighted by Crippen LogP contribution is -2.63. The molecule has 0 radical (unpaired) electrons. The second-order valence-electron chi connectivity index (χ2n) is 22.2. The highest BCUT2D eigenvalue weighted by Crippen LogP contribution is 2.38. The van der Waals surface area contributed by atoms with E-state index in [1.54, 1.807) is 100 Å². The van der Waals surface area contributed by atoms with Crippen LogP contribution in [-0.4, -0.2) is 134 Å². The van der Waals surface area contributed by atoms with Crippen molar-refractivity contribution in [3.8, 4) is 0 Å². The molecule has 71 heavy (non-hydrogen) atoms. The molecule has 2 rings (SSSR count). The van der Waals surface area contributed by atoms with Gasteiger partial charge in [0.25, 0.3) is 0 Å². The van der Waals surface area contributed by atoms with Gasteiger partial charge in [-0.05, 0) is 109 Å². The number of hydrogen-bond acceptors (Lipinski definition) is 10. The first kappa shape index (κ1) is 60.9. The van der Waals surface area contributed by atoms with E-state index in [-0.39, 0.29) is 30.9 Å². The molecule has 0 saturated carbocycles. The fourth-order valence-electron chi connectivity index (χ4n) is 8.06. The van der Waals surface area contributed by atoms with Gasteiger partial charge in [-0.2, -0.15) is 0 Å². The molecule has 19 nitrogen and oxygen atoms in total.